The van der Waals surface area contributed by atoms with Crippen LogP contribution in [0.25, 0.3) is 0 Å². The molecule has 3 rings (SSSR count). The van der Waals surface area contributed by atoms with Gasteiger partial charge in [0.1, 0.15) is 6.10 Å². The molecule has 2 aromatic rings. The third-order valence-corrected chi connectivity index (χ3v) is 11.7. The first kappa shape index (κ1) is 28.7. The van der Waals surface area contributed by atoms with E-state index in [1.807, 2.05) is 24.3 Å². The van der Waals surface area contributed by atoms with Gasteiger partial charge in [0.2, 0.25) is 0 Å². The van der Waals surface area contributed by atoms with Crippen molar-refractivity contribution in [3.63, 3.8) is 0 Å². The zero-order valence-corrected chi connectivity index (χ0v) is 23.8. The van der Waals surface area contributed by atoms with Gasteiger partial charge in [-0.05, 0) is 34.3 Å². The average molecular weight is 519 g/mol. The molecule has 0 saturated carbocycles. The Morgan fingerprint density at radius 1 is 0.865 bits per heavy atom. The Hall–Kier alpha value is -2.89. The fourth-order valence-corrected chi connectivity index (χ4v) is 9.36. The Labute approximate surface area is 224 Å². The highest BCUT2D eigenvalue weighted by Gasteiger charge is 2.49. The molecule has 0 aromatic heterocycles. The minimum atomic E-state index is -2.55. The largest absolute Gasteiger partial charge is 0.509 e. The van der Waals surface area contributed by atoms with Gasteiger partial charge in [-0.25, -0.2) is 4.79 Å². The number of benzene rings is 2. The maximum atomic E-state index is 11.7. The summed E-state index contributed by atoms with van der Waals surface area (Å²) in [5.41, 5.74) is 0. The van der Waals surface area contributed by atoms with Crippen LogP contribution in [0.5, 0.6) is 0 Å². The van der Waals surface area contributed by atoms with Gasteiger partial charge >= 0.3 is 6.16 Å². The summed E-state index contributed by atoms with van der Waals surface area (Å²) in [6.07, 6.45) is 16.2. The van der Waals surface area contributed by atoms with Crippen LogP contribution in [0.1, 0.15) is 59.8 Å². The molecule has 0 radical (unpaired) electrons. The molecule has 0 unspecified atom stereocenters. The van der Waals surface area contributed by atoms with Gasteiger partial charge in [0.15, 0.2) is 6.10 Å². The van der Waals surface area contributed by atoms with Crippen molar-refractivity contribution in [2.75, 3.05) is 6.61 Å². The lowest BCUT2D eigenvalue weighted by atomic mass is 10.1. The molecule has 0 spiro atoms. The quantitative estimate of drug-likeness (QED) is 0.0932. The first-order chi connectivity index (χ1) is 17.9. The summed E-state index contributed by atoms with van der Waals surface area (Å²) >= 11 is 0. The van der Waals surface area contributed by atoms with Crippen molar-refractivity contribution in [3.8, 4) is 0 Å². The van der Waals surface area contributed by atoms with Crippen LogP contribution in [0.15, 0.2) is 97.1 Å². The molecular formula is C32H42O4Si. The van der Waals surface area contributed by atoms with E-state index in [0.29, 0.717) is 13.0 Å². The molecule has 4 nitrogen and oxygen atoms in total. The summed E-state index contributed by atoms with van der Waals surface area (Å²) in [6.45, 7) is 9.51. The van der Waals surface area contributed by atoms with Crippen molar-refractivity contribution < 1.29 is 18.7 Å². The first-order valence-corrected chi connectivity index (χ1v) is 15.4. The van der Waals surface area contributed by atoms with Crippen LogP contribution in [-0.2, 0) is 13.9 Å². The highest BCUT2D eigenvalue weighted by molar-refractivity contribution is 6.99. The van der Waals surface area contributed by atoms with Crippen LogP contribution in [0.2, 0.25) is 5.04 Å². The van der Waals surface area contributed by atoms with Gasteiger partial charge in [0.25, 0.3) is 8.32 Å². The van der Waals surface area contributed by atoms with E-state index in [1.165, 1.54) is 29.6 Å². The van der Waals surface area contributed by atoms with Crippen LogP contribution in [0, 0.1) is 0 Å². The van der Waals surface area contributed by atoms with E-state index < -0.39 is 14.5 Å². The normalized spacial score (nSPS) is 18.6. The number of hydrogen-bond acceptors (Lipinski definition) is 4. The van der Waals surface area contributed by atoms with Crippen LogP contribution in [-0.4, -0.2) is 33.3 Å². The monoisotopic (exact) mass is 518 g/mol. The maximum Gasteiger partial charge on any atom is 0.509 e. The minimum absolute atomic E-state index is 0.0634. The summed E-state index contributed by atoms with van der Waals surface area (Å²) in [6, 6.07) is 21.3. The molecule has 37 heavy (non-hydrogen) atoms. The predicted octanol–water partition coefficient (Wildman–Crippen LogP) is 7.11. The molecule has 198 valence electrons. The predicted molar refractivity (Wildman–Crippen MR) is 155 cm³/mol. The molecular weight excluding hydrogens is 476 g/mol. The van der Waals surface area contributed by atoms with E-state index in [9.17, 15) is 4.79 Å². The molecule has 0 N–H and O–H groups in total. The second-order valence-corrected chi connectivity index (χ2v) is 14.8. The maximum absolute atomic E-state index is 11.7. The topological polar surface area (TPSA) is 44.8 Å². The molecule has 0 amide bonds. The van der Waals surface area contributed by atoms with Gasteiger partial charge in [-0.15, -0.1) is 0 Å². The van der Waals surface area contributed by atoms with Gasteiger partial charge in [-0.2, -0.15) is 0 Å². The number of unbranched alkanes of at least 4 members (excludes halogenated alkanes) is 3. The number of carbonyl (C=O) groups is 1. The van der Waals surface area contributed by atoms with E-state index in [2.05, 4.69) is 101 Å². The standard InChI is InChI=1S/C32H42O4Si/c1-5-6-7-8-9-17-24-29-30(36-31(33)35-29)25-18-12-19-26-34-37(32(2,3)4,27-20-13-10-14-21-27)28-22-15-11-16-23-28/h9-23,25,29-30H,5-8,24,26H2,1-4H3/b17-9+,19-12+,25-18+/t29-,30+/m0/s1. The van der Waals surface area contributed by atoms with Crippen molar-refractivity contribution in [2.24, 2.45) is 0 Å². The van der Waals surface area contributed by atoms with E-state index in [0.717, 1.165) is 6.42 Å². The summed E-state index contributed by atoms with van der Waals surface area (Å²) in [5, 5.41) is 2.46. The molecule has 1 heterocycles. The summed E-state index contributed by atoms with van der Waals surface area (Å²) in [7, 11) is -2.55. The van der Waals surface area contributed by atoms with Gasteiger partial charge in [0.05, 0.1) is 6.61 Å². The number of cyclic esters (lactones) is 2. The van der Waals surface area contributed by atoms with Crippen molar-refractivity contribution in [1.29, 1.82) is 0 Å². The Bertz CT molecular complexity index is 998. The Morgan fingerprint density at radius 2 is 1.51 bits per heavy atom. The van der Waals surface area contributed by atoms with Crippen LogP contribution >= 0.6 is 0 Å². The van der Waals surface area contributed by atoms with Gasteiger partial charge < -0.3 is 13.9 Å². The van der Waals surface area contributed by atoms with Crippen LogP contribution < -0.4 is 10.4 Å². The number of hydrogen-bond donors (Lipinski definition) is 0. The fourth-order valence-electron chi connectivity index (χ4n) is 4.85. The fraction of sp³-hybridized carbons (Fsp3) is 0.406. The minimum Gasteiger partial charge on any atom is -0.426 e. The van der Waals surface area contributed by atoms with Gasteiger partial charge in [-0.3, -0.25) is 0 Å². The lowest BCUT2D eigenvalue weighted by molar-refractivity contribution is 0.118. The second-order valence-electron chi connectivity index (χ2n) is 10.5. The van der Waals surface area contributed by atoms with Crippen molar-refractivity contribution in [2.45, 2.75) is 77.0 Å². The van der Waals surface area contributed by atoms with Crippen molar-refractivity contribution in [3.05, 3.63) is 97.1 Å². The summed E-state index contributed by atoms with van der Waals surface area (Å²) in [4.78, 5) is 11.7. The zero-order chi connectivity index (χ0) is 26.6. The van der Waals surface area contributed by atoms with Crippen molar-refractivity contribution in [1.82, 2.24) is 0 Å². The highest BCUT2D eigenvalue weighted by atomic mass is 28.4. The molecule has 0 bridgehead atoms. The molecule has 1 fully saturated rings. The molecule has 0 aliphatic carbocycles. The third-order valence-electron chi connectivity index (χ3n) is 6.72. The molecule has 1 aliphatic heterocycles. The number of carbonyl (C=O) groups excluding carboxylic acids is 1. The lowest BCUT2D eigenvalue weighted by Crippen LogP contribution is -2.66. The van der Waals surface area contributed by atoms with Crippen LogP contribution in [0.3, 0.4) is 0 Å². The van der Waals surface area contributed by atoms with Gasteiger partial charge in [0, 0.05) is 6.42 Å². The smallest absolute Gasteiger partial charge is 0.426 e. The third kappa shape index (κ3) is 7.80. The summed E-state index contributed by atoms with van der Waals surface area (Å²) < 4.78 is 17.6. The molecule has 1 aliphatic rings. The lowest BCUT2D eigenvalue weighted by Gasteiger charge is -2.42. The SMILES string of the molecule is CCCCC/C=C/C[C@@H]1OC(=O)O[C@@H]1/C=C/C=C/CO[Si](c1ccccc1)(c1ccccc1)C(C)(C)C. The molecule has 2 atom stereocenters. The second kappa shape index (κ2) is 14.2. The van der Waals surface area contributed by atoms with E-state index in [1.54, 1.807) is 0 Å². The Kier molecular flexibility index (Phi) is 11.0. The van der Waals surface area contributed by atoms with E-state index in [-0.39, 0.29) is 17.2 Å². The Morgan fingerprint density at radius 3 is 2.11 bits per heavy atom. The number of ether oxygens (including phenoxy) is 2. The average Bonchev–Trinajstić information content (AvgIpc) is 3.25. The number of allylic oxidation sites excluding steroid dienone is 3. The highest BCUT2D eigenvalue weighted by Crippen LogP contribution is 2.36. The zero-order valence-electron chi connectivity index (χ0n) is 22.8. The molecule has 2 aromatic carbocycles. The van der Waals surface area contributed by atoms with Crippen molar-refractivity contribution >= 4 is 24.8 Å². The molecule has 1 saturated heterocycles. The number of rotatable bonds is 13. The molecule has 5 heteroatoms. The van der Waals surface area contributed by atoms with Crippen LogP contribution in [0.4, 0.5) is 4.79 Å². The van der Waals surface area contributed by atoms with E-state index >= 15 is 0 Å². The first-order valence-electron chi connectivity index (χ1n) is 13.5. The van der Waals surface area contributed by atoms with E-state index in [4.69, 9.17) is 13.9 Å². The Balaban J connectivity index is 1.65. The summed E-state index contributed by atoms with van der Waals surface area (Å²) in [5.74, 6) is 0. The van der Waals surface area contributed by atoms with Gasteiger partial charge in [-0.1, -0.05) is 132 Å².